The summed E-state index contributed by atoms with van der Waals surface area (Å²) in [6, 6.07) is 2.35. The standard InChI is InChI=1S/C17H23N3O/c1-3-9-18-15-6-4-5-7-16-14(15)11-19-17(20-16)13-8-10-21-12(13)2/h8,10-11,15,18H,3-7,9H2,1-2H3. The minimum atomic E-state index is 0.405. The molecule has 0 saturated carbocycles. The Kier molecular flexibility index (Phi) is 4.34. The van der Waals surface area contributed by atoms with Gasteiger partial charge >= 0.3 is 0 Å². The molecule has 0 bridgehead atoms. The van der Waals surface area contributed by atoms with Gasteiger partial charge < -0.3 is 9.73 Å². The van der Waals surface area contributed by atoms with E-state index in [0.717, 1.165) is 36.5 Å². The molecule has 1 atom stereocenters. The van der Waals surface area contributed by atoms with Gasteiger partial charge in [-0.25, -0.2) is 9.97 Å². The van der Waals surface area contributed by atoms with E-state index >= 15 is 0 Å². The van der Waals surface area contributed by atoms with Crippen LogP contribution in [0.5, 0.6) is 0 Å². The zero-order chi connectivity index (χ0) is 14.7. The predicted molar refractivity (Wildman–Crippen MR) is 83.1 cm³/mol. The van der Waals surface area contributed by atoms with Gasteiger partial charge in [0.05, 0.1) is 11.8 Å². The Morgan fingerprint density at radius 2 is 2.29 bits per heavy atom. The van der Waals surface area contributed by atoms with E-state index in [1.54, 1.807) is 6.26 Å². The Balaban J connectivity index is 1.93. The maximum Gasteiger partial charge on any atom is 0.162 e. The highest BCUT2D eigenvalue weighted by molar-refractivity contribution is 5.57. The lowest BCUT2D eigenvalue weighted by molar-refractivity contribution is 0.488. The number of aryl methyl sites for hydroxylation is 2. The molecule has 0 amide bonds. The van der Waals surface area contributed by atoms with Crippen molar-refractivity contribution in [1.82, 2.24) is 15.3 Å². The first-order valence-electron chi connectivity index (χ1n) is 7.93. The molecule has 1 N–H and O–H groups in total. The fourth-order valence-corrected chi connectivity index (χ4v) is 2.99. The summed E-state index contributed by atoms with van der Waals surface area (Å²) in [5.41, 5.74) is 3.48. The summed E-state index contributed by atoms with van der Waals surface area (Å²) in [4.78, 5) is 9.41. The van der Waals surface area contributed by atoms with Crippen LogP contribution in [0.1, 0.15) is 55.7 Å². The van der Waals surface area contributed by atoms with Crippen LogP contribution >= 0.6 is 0 Å². The largest absolute Gasteiger partial charge is 0.469 e. The van der Waals surface area contributed by atoms with Crippen molar-refractivity contribution in [1.29, 1.82) is 0 Å². The van der Waals surface area contributed by atoms with E-state index in [1.165, 1.54) is 30.5 Å². The van der Waals surface area contributed by atoms with Crippen LogP contribution in [-0.2, 0) is 6.42 Å². The number of hydrogen-bond donors (Lipinski definition) is 1. The Hall–Kier alpha value is -1.68. The molecule has 1 unspecified atom stereocenters. The van der Waals surface area contributed by atoms with Crippen LogP contribution in [0.3, 0.4) is 0 Å². The maximum absolute atomic E-state index is 5.37. The van der Waals surface area contributed by atoms with Crippen LogP contribution in [-0.4, -0.2) is 16.5 Å². The summed E-state index contributed by atoms with van der Waals surface area (Å²) < 4.78 is 5.37. The van der Waals surface area contributed by atoms with Gasteiger partial charge in [-0.3, -0.25) is 0 Å². The second kappa shape index (κ2) is 6.39. The molecule has 112 valence electrons. The predicted octanol–water partition coefficient (Wildman–Crippen LogP) is 3.81. The number of fused-ring (bicyclic) bond motifs is 1. The van der Waals surface area contributed by atoms with E-state index in [2.05, 4.69) is 17.2 Å². The maximum atomic E-state index is 5.37. The van der Waals surface area contributed by atoms with Crippen LogP contribution in [0.2, 0.25) is 0 Å². The summed E-state index contributed by atoms with van der Waals surface area (Å²) >= 11 is 0. The van der Waals surface area contributed by atoms with Gasteiger partial charge in [0.25, 0.3) is 0 Å². The lowest BCUT2D eigenvalue weighted by Crippen LogP contribution is -2.23. The van der Waals surface area contributed by atoms with Crippen molar-refractivity contribution < 1.29 is 4.42 Å². The average molecular weight is 285 g/mol. The molecule has 0 spiro atoms. The highest BCUT2D eigenvalue weighted by Crippen LogP contribution is 2.29. The molecule has 2 heterocycles. The number of hydrogen-bond acceptors (Lipinski definition) is 4. The zero-order valence-electron chi connectivity index (χ0n) is 12.9. The van der Waals surface area contributed by atoms with E-state index in [-0.39, 0.29) is 0 Å². The fourth-order valence-electron chi connectivity index (χ4n) is 2.99. The molecule has 3 rings (SSSR count). The number of nitrogens with zero attached hydrogens (tertiary/aromatic N) is 2. The van der Waals surface area contributed by atoms with Gasteiger partial charge in [-0.05, 0) is 45.2 Å². The number of furan rings is 1. The van der Waals surface area contributed by atoms with Crippen molar-refractivity contribution in [2.24, 2.45) is 0 Å². The summed E-state index contributed by atoms with van der Waals surface area (Å²) in [5, 5.41) is 3.63. The van der Waals surface area contributed by atoms with Crippen LogP contribution in [0, 0.1) is 6.92 Å². The highest BCUT2D eigenvalue weighted by Gasteiger charge is 2.21. The van der Waals surface area contributed by atoms with Gasteiger partial charge in [-0.2, -0.15) is 0 Å². The fraction of sp³-hybridized carbons (Fsp3) is 0.529. The van der Waals surface area contributed by atoms with E-state index in [4.69, 9.17) is 9.40 Å². The minimum absolute atomic E-state index is 0.405. The van der Waals surface area contributed by atoms with E-state index in [1.807, 2.05) is 19.2 Å². The van der Waals surface area contributed by atoms with Crippen molar-refractivity contribution in [3.05, 3.63) is 35.5 Å². The van der Waals surface area contributed by atoms with Crippen molar-refractivity contribution in [2.75, 3.05) is 6.54 Å². The SMILES string of the molecule is CCCNC1CCCCc2nc(-c3ccoc3C)ncc21. The van der Waals surface area contributed by atoms with Crippen molar-refractivity contribution in [3.63, 3.8) is 0 Å². The molecule has 1 aliphatic carbocycles. The molecule has 4 nitrogen and oxygen atoms in total. The van der Waals surface area contributed by atoms with Crippen LogP contribution in [0.4, 0.5) is 0 Å². The number of aromatic nitrogens is 2. The topological polar surface area (TPSA) is 51.0 Å². The summed E-state index contributed by atoms with van der Waals surface area (Å²) in [6.07, 6.45) is 9.55. The highest BCUT2D eigenvalue weighted by atomic mass is 16.3. The van der Waals surface area contributed by atoms with Crippen molar-refractivity contribution in [3.8, 4) is 11.4 Å². The van der Waals surface area contributed by atoms with Crippen LogP contribution in [0.15, 0.2) is 22.9 Å². The molecule has 0 aromatic carbocycles. The molecule has 4 heteroatoms. The normalized spacial score (nSPS) is 18.3. The third kappa shape index (κ3) is 3.00. The average Bonchev–Trinajstić information content (AvgIpc) is 2.82. The van der Waals surface area contributed by atoms with Gasteiger partial charge in [0.1, 0.15) is 5.76 Å². The number of nitrogens with one attached hydrogen (secondary N) is 1. The van der Waals surface area contributed by atoms with Gasteiger partial charge in [0.2, 0.25) is 0 Å². The zero-order valence-corrected chi connectivity index (χ0v) is 12.9. The van der Waals surface area contributed by atoms with Crippen molar-refractivity contribution in [2.45, 2.75) is 52.0 Å². The van der Waals surface area contributed by atoms with E-state index < -0.39 is 0 Å². The summed E-state index contributed by atoms with van der Waals surface area (Å²) in [5.74, 6) is 1.67. The third-order valence-electron chi connectivity index (χ3n) is 4.17. The van der Waals surface area contributed by atoms with Crippen LogP contribution in [0.25, 0.3) is 11.4 Å². The first-order chi connectivity index (χ1) is 10.3. The lowest BCUT2D eigenvalue weighted by Gasteiger charge is -2.18. The lowest BCUT2D eigenvalue weighted by atomic mass is 10.0. The second-order valence-corrected chi connectivity index (χ2v) is 5.74. The first-order valence-corrected chi connectivity index (χ1v) is 7.93. The van der Waals surface area contributed by atoms with Crippen molar-refractivity contribution >= 4 is 0 Å². The Labute approximate surface area is 126 Å². The van der Waals surface area contributed by atoms with Gasteiger partial charge in [-0.15, -0.1) is 0 Å². The molecule has 0 radical (unpaired) electrons. The smallest absolute Gasteiger partial charge is 0.162 e. The molecule has 0 saturated heterocycles. The molecular weight excluding hydrogens is 262 g/mol. The van der Waals surface area contributed by atoms with Gasteiger partial charge in [0.15, 0.2) is 5.82 Å². The summed E-state index contributed by atoms with van der Waals surface area (Å²) in [7, 11) is 0. The van der Waals surface area contributed by atoms with E-state index in [9.17, 15) is 0 Å². The Bertz CT molecular complexity index is 606. The molecule has 2 aromatic rings. The molecule has 21 heavy (non-hydrogen) atoms. The minimum Gasteiger partial charge on any atom is -0.469 e. The molecule has 0 aliphatic heterocycles. The van der Waals surface area contributed by atoms with Gasteiger partial charge in [0, 0.05) is 23.5 Å². The van der Waals surface area contributed by atoms with Crippen LogP contribution < -0.4 is 5.32 Å². The molecule has 1 aliphatic rings. The summed E-state index contributed by atoms with van der Waals surface area (Å²) in [6.45, 7) is 5.20. The Morgan fingerprint density at radius 1 is 1.38 bits per heavy atom. The number of rotatable bonds is 4. The molecule has 0 fully saturated rings. The Morgan fingerprint density at radius 3 is 3.05 bits per heavy atom. The third-order valence-corrected chi connectivity index (χ3v) is 4.17. The second-order valence-electron chi connectivity index (χ2n) is 5.74. The quantitative estimate of drug-likeness (QED) is 0.868. The van der Waals surface area contributed by atoms with E-state index in [0.29, 0.717) is 6.04 Å². The molecular formula is C17H23N3O. The first kappa shape index (κ1) is 14.3. The van der Waals surface area contributed by atoms with Gasteiger partial charge in [-0.1, -0.05) is 13.3 Å². The monoisotopic (exact) mass is 285 g/mol. The molecule has 2 aromatic heterocycles.